The number of alkyl halides is 2. The van der Waals surface area contributed by atoms with E-state index < -0.39 is 28.5 Å². The summed E-state index contributed by atoms with van der Waals surface area (Å²) in [6.07, 6.45) is -2.29. The molecule has 11 heteroatoms. The Kier molecular flexibility index (Phi) is 7.63. The number of ether oxygens (including phenoxy) is 2. The van der Waals surface area contributed by atoms with E-state index in [0.29, 0.717) is 54.0 Å². The molecule has 2 amide bonds. The van der Waals surface area contributed by atoms with Crippen LogP contribution in [0.4, 0.5) is 14.6 Å². The maximum absolute atomic E-state index is 13.5. The smallest absolute Gasteiger partial charge is 0.481 e. The average molecular weight is 608 g/mol. The van der Waals surface area contributed by atoms with Crippen molar-refractivity contribution in [1.82, 2.24) is 10.3 Å². The summed E-state index contributed by atoms with van der Waals surface area (Å²) in [7, 11) is 0. The predicted octanol–water partition coefficient (Wildman–Crippen LogP) is 6.31. The number of rotatable bonds is 10. The van der Waals surface area contributed by atoms with E-state index in [-0.39, 0.29) is 23.3 Å². The fraction of sp³-hybridized carbons (Fsp3) is 0.394. The van der Waals surface area contributed by atoms with Gasteiger partial charge >= 0.3 is 12.3 Å². The van der Waals surface area contributed by atoms with E-state index in [4.69, 9.17) is 0 Å². The molecular formula is C33H35F2N3O6. The van der Waals surface area contributed by atoms with Crippen LogP contribution >= 0.6 is 0 Å². The second-order valence-electron chi connectivity index (χ2n) is 13.0. The van der Waals surface area contributed by atoms with Crippen LogP contribution in [0.1, 0.15) is 68.4 Å². The summed E-state index contributed by atoms with van der Waals surface area (Å²) in [4.78, 5) is 42.7. The van der Waals surface area contributed by atoms with Crippen LogP contribution in [0.15, 0.2) is 54.6 Å². The van der Waals surface area contributed by atoms with E-state index in [1.807, 2.05) is 32.9 Å². The van der Waals surface area contributed by atoms with Gasteiger partial charge in [-0.05, 0) is 86.9 Å². The highest BCUT2D eigenvalue weighted by Crippen LogP contribution is 2.52. The third-order valence-electron chi connectivity index (χ3n) is 8.10. The van der Waals surface area contributed by atoms with Gasteiger partial charge in [-0.2, -0.15) is 0 Å². The average Bonchev–Trinajstić information content (AvgIpc) is 3.69. The number of hydrogen-bond donors (Lipinski definition) is 3. The molecule has 1 aliphatic carbocycles. The molecule has 0 spiro atoms. The second-order valence-corrected chi connectivity index (χ2v) is 13.0. The number of nitrogens with one attached hydrogen (secondary N) is 2. The minimum absolute atomic E-state index is 0.0819. The summed E-state index contributed by atoms with van der Waals surface area (Å²) >= 11 is 0. The van der Waals surface area contributed by atoms with Crippen molar-refractivity contribution in [3.8, 4) is 22.8 Å². The molecule has 3 aromatic rings. The Morgan fingerprint density at radius 1 is 0.977 bits per heavy atom. The number of carbonyl (C=O) groups excluding carboxylic acids is 2. The molecule has 232 valence electrons. The number of carboxylic acid groups (broad SMARTS) is 1. The summed E-state index contributed by atoms with van der Waals surface area (Å²) < 4.78 is 36.0. The fourth-order valence-corrected chi connectivity index (χ4v) is 5.71. The molecule has 0 atom stereocenters. The number of aryl methyl sites for hydroxylation is 1. The number of anilines is 1. The monoisotopic (exact) mass is 607 g/mol. The first-order valence-electron chi connectivity index (χ1n) is 14.3. The lowest BCUT2D eigenvalue weighted by Gasteiger charge is -2.32. The van der Waals surface area contributed by atoms with E-state index in [1.165, 1.54) is 12.1 Å². The first kappa shape index (κ1) is 30.9. The number of amides is 2. The summed E-state index contributed by atoms with van der Waals surface area (Å²) in [6, 6.07) is 14.9. The third kappa shape index (κ3) is 6.36. The molecule has 1 aromatic heterocycles. The number of fused-ring (bicyclic) bond motifs is 1. The van der Waals surface area contributed by atoms with Crippen molar-refractivity contribution in [2.24, 2.45) is 10.8 Å². The minimum atomic E-state index is -3.74. The van der Waals surface area contributed by atoms with Gasteiger partial charge in [-0.15, -0.1) is 8.78 Å². The topological polar surface area (TPSA) is 127 Å². The number of nitrogens with zero attached hydrogens (tertiary/aromatic N) is 1. The molecule has 2 heterocycles. The van der Waals surface area contributed by atoms with Gasteiger partial charge in [0.05, 0.1) is 16.5 Å². The molecule has 9 nitrogen and oxygen atoms in total. The molecule has 3 N–H and O–H groups in total. The number of benzene rings is 2. The Hall–Kier alpha value is -4.54. The lowest BCUT2D eigenvalue weighted by atomic mass is 9.75. The van der Waals surface area contributed by atoms with Crippen LogP contribution in [0, 0.1) is 17.8 Å². The molecule has 0 radical (unpaired) electrons. The molecule has 0 saturated heterocycles. The number of hydrogen-bond acceptors (Lipinski definition) is 6. The number of halogens is 2. The van der Waals surface area contributed by atoms with Gasteiger partial charge in [-0.25, -0.2) is 4.98 Å². The van der Waals surface area contributed by atoms with E-state index in [9.17, 15) is 28.3 Å². The quantitative estimate of drug-likeness (QED) is 0.247. The van der Waals surface area contributed by atoms with Crippen molar-refractivity contribution in [2.45, 2.75) is 65.6 Å². The van der Waals surface area contributed by atoms with Crippen molar-refractivity contribution in [3.63, 3.8) is 0 Å². The number of carbonyl (C=O) groups is 3. The fourth-order valence-electron chi connectivity index (χ4n) is 5.71. The number of carboxylic acids is 1. The van der Waals surface area contributed by atoms with Crippen molar-refractivity contribution in [2.75, 3.05) is 11.9 Å². The molecule has 2 aliphatic rings. The lowest BCUT2D eigenvalue weighted by Crippen LogP contribution is -2.38. The van der Waals surface area contributed by atoms with Gasteiger partial charge in [0, 0.05) is 17.7 Å². The van der Waals surface area contributed by atoms with Crippen molar-refractivity contribution < 1.29 is 37.7 Å². The predicted molar refractivity (Wildman–Crippen MR) is 159 cm³/mol. The zero-order valence-electron chi connectivity index (χ0n) is 25.2. The highest BCUT2D eigenvalue weighted by Gasteiger charge is 2.53. The van der Waals surface area contributed by atoms with E-state index >= 15 is 0 Å². The first-order chi connectivity index (χ1) is 20.5. The van der Waals surface area contributed by atoms with E-state index in [1.54, 1.807) is 44.2 Å². The van der Waals surface area contributed by atoms with Crippen LogP contribution in [-0.4, -0.2) is 40.7 Å². The SMILES string of the molecule is Cc1ccc(NC(=O)C2(c3ccc4c(c3)OC(F)(F)O4)CC2)nc1-c1cccc(C(=O)NCC(C)(C)CC(C)(C)C(=O)O)c1. The van der Waals surface area contributed by atoms with Crippen LogP contribution in [0.5, 0.6) is 11.5 Å². The Morgan fingerprint density at radius 2 is 1.68 bits per heavy atom. The largest absolute Gasteiger partial charge is 0.586 e. The van der Waals surface area contributed by atoms with Crippen molar-refractivity contribution in [3.05, 3.63) is 71.3 Å². The maximum atomic E-state index is 13.5. The molecular weight excluding hydrogens is 572 g/mol. The number of aromatic nitrogens is 1. The molecule has 1 saturated carbocycles. The molecule has 44 heavy (non-hydrogen) atoms. The summed E-state index contributed by atoms with van der Waals surface area (Å²) in [5, 5.41) is 15.3. The van der Waals surface area contributed by atoms with Gasteiger partial charge in [0.15, 0.2) is 11.5 Å². The summed E-state index contributed by atoms with van der Waals surface area (Å²) in [6.45, 7) is 9.33. The lowest BCUT2D eigenvalue weighted by molar-refractivity contribution is -0.286. The molecule has 0 bridgehead atoms. The Balaban J connectivity index is 1.29. The normalized spacial score (nSPS) is 16.2. The van der Waals surface area contributed by atoms with Crippen molar-refractivity contribution in [1.29, 1.82) is 0 Å². The minimum Gasteiger partial charge on any atom is -0.481 e. The highest BCUT2D eigenvalue weighted by atomic mass is 19.3. The summed E-state index contributed by atoms with van der Waals surface area (Å²) in [5.74, 6) is -1.38. The van der Waals surface area contributed by atoms with Crippen LogP contribution in [0.2, 0.25) is 0 Å². The standard InChI is InChI=1S/C33H35F2N3O6/c1-19-9-12-25(38-28(40)32(13-14-32)22-10-11-23-24(16-22)44-33(34,35)43-23)37-26(19)20-7-6-8-21(15-20)27(39)36-18-30(2,3)17-31(4,5)29(41)42/h6-12,15-16H,13-14,17-18H2,1-5H3,(H,36,39)(H,41,42)(H,37,38,40). The van der Waals surface area contributed by atoms with E-state index in [2.05, 4.69) is 25.1 Å². The van der Waals surface area contributed by atoms with Crippen LogP contribution in [0.3, 0.4) is 0 Å². The second kappa shape index (κ2) is 10.9. The van der Waals surface area contributed by atoms with Crippen LogP contribution < -0.4 is 20.1 Å². The number of pyridine rings is 1. The van der Waals surface area contributed by atoms with E-state index in [0.717, 1.165) is 5.56 Å². The van der Waals surface area contributed by atoms with Gasteiger partial charge in [-0.3, -0.25) is 14.4 Å². The molecule has 5 rings (SSSR count). The van der Waals surface area contributed by atoms with Gasteiger partial charge in [0.2, 0.25) is 5.91 Å². The summed E-state index contributed by atoms with van der Waals surface area (Å²) in [5.41, 5.74) is 0.771. The highest BCUT2D eigenvalue weighted by molar-refractivity contribution is 6.01. The third-order valence-corrected chi connectivity index (χ3v) is 8.10. The van der Waals surface area contributed by atoms with Crippen LogP contribution in [-0.2, 0) is 15.0 Å². The molecule has 0 unspecified atom stereocenters. The van der Waals surface area contributed by atoms with Crippen molar-refractivity contribution >= 4 is 23.6 Å². The Bertz CT molecular complexity index is 1650. The van der Waals surface area contributed by atoms with Gasteiger partial charge < -0.3 is 25.2 Å². The molecule has 1 fully saturated rings. The zero-order chi connectivity index (χ0) is 32.1. The zero-order valence-corrected chi connectivity index (χ0v) is 25.2. The van der Waals surface area contributed by atoms with Gasteiger partial charge in [0.1, 0.15) is 5.82 Å². The van der Waals surface area contributed by atoms with Gasteiger partial charge in [-0.1, -0.05) is 38.1 Å². The van der Waals surface area contributed by atoms with Gasteiger partial charge in [0.25, 0.3) is 5.91 Å². The Labute approximate surface area is 254 Å². The van der Waals surface area contributed by atoms with Crippen LogP contribution in [0.25, 0.3) is 11.3 Å². The molecule has 1 aliphatic heterocycles. The first-order valence-corrected chi connectivity index (χ1v) is 14.3. The maximum Gasteiger partial charge on any atom is 0.586 e. The Morgan fingerprint density at radius 3 is 2.36 bits per heavy atom. The molecule has 2 aromatic carbocycles. The number of aliphatic carboxylic acids is 1.